The van der Waals surface area contributed by atoms with Gasteiger partial charge in [0.2, 0.25) is 0 Å². The molecular formula is C23H29NO. The van der Waals surface area contributed by atoms with Gasteiger partial charge in [-0.1, -0.05) is 50.2 Å². The molecule has 132 valence electrons. The zero-order chi connectivity index (χ0) is 17.4. The van der Waals surface area contributed by atoms with Crippen molar-refractivity contribution in [2.45, 2.75) is 51.0 Å². The van der Waals surface area contributed by atoms with Gasteiger partial charge >= 0.3 is 0 Å². The minimum absolute atomic E-state index is 0.201. The second kappa shape index (κ2) is 6.49. The molecule has 2 aromatic carbocycles. The molecule has 0 saturated carbocycles. The minimum Gasteiger partial charge on any atom is -0.508 e. The molecule has 2 nitrogen and oxygen atoms in total. The standard InChI is InChI=1S/C23H29NO/c1-17-22-15-19-10-11-20(25)16-21(19)23(17,2)12-14-24(22)13-6-9-18-7-4-3-5-8-18/h3-5,7-8,10-11,16-17,22,25H,6,9,12-15H2,1-2H3/t17?,22-,23-/m1/s1. The van der Waals surface area contributed by atoms with E-state index in [1.165, 1.54) is 49.0 Å². The van der Waals surface area contributed by atoms with Crippen LogP contribution in [-0.4, -0.2) is 29.1 Å². The highest BCUT2D eigenvalue weighted by Gasteiger charge is 2.48. The Morgan fingerprint density at radius 2 is 1.96 bits per heavy atom. The number of aromatic hydroxyl groups is 1. The number of phenolic OH excluding ortho intramolecular Hbond substituents is 1. The molecule has 0 amide bonds. The van der Waals surface area contributed by atoms with Gasteiger partial charge in [-0.25, -0.2) is 0 Å². The van der Waals surface area contributed by atoms with Gasteiger partial charge in [-0.15, -0.1) is 0 Å². The average Bonchev–Trinajstić information content (AvgIpc) is 2.62. The van der Waals surface area contributed by atoms with Crippen LogP contribution in [0.3, 0.4) is 0 Å². The Labute approximate surface area is 151 Å². The second-order valence-electron chi connectivity index (χ2n) is 8.19. The molecule has 1 saturated heterocycles. The summed E-state index contributed by atoms with van der Waals surface area (Å²) >= 11 is 0. The van der Waals surface area contributed by atoms with E-state index in [1.54, 1.807) is 0 Å². The topological polar surface area (TPSA) is 23.5 Å². The number of likely N-dealkylation sites (tertiary alicyclic amines) is 1. The molecule has 2 aromatic rings. The minimum atomic E-state index is 0.201. The van der Waals surface area contributed by atoms with Crippen molar-refractivity contribution in [2.75, 3.05) is 13.1 Å². The molecule has 0 aromatic heterocycles. The Hall–Kier alpha value is -1.80. The Balaban J connectivity index is 1.48. The van der Waals surface area contributed by atoms with Gasteiger partial charge in [-0.05, 0) is 78.9 Å². The Kier molecular flexibility index (Phi) is 4.33. The smallest absolute Gasteiger partial charge is 0.115 e. The van der Waals surface area contributed by atoms with Crippen LogP contribution in [0, 0.1) is 5.92 Å². The van der Waals surface area contributed by atoms with Crippen LogP contribution in [0.25, 0.3) is 0 Å². The van der Waals surface area contributed by atoms with Gasteiger partial charge in [0.25, 0.3) is 0 Å². The third-order valence-electron chi connectivity index (χ3n) is 6.86. The average molecular weight is 335 g/mol. The van der Waals surface area contributed by atoms with Crippen molar-refractivity contribution in [1.29, 1.82) is 0 Å². The van der Waals surface area contributed by atoms with Crippen LogP contribution >= 0.6 is 0 Å². The molecule has 1 aliphatic carbocycles. The third-order valence-corrected chi connectivity index (χ3v) is 6.86. The number of benzene rings is 2. The second-order valence-corrected chi connectivity index (χ2v) is 8.19. The third kappa shape index (κ3) is 2.97. The number of rotatable bonds is 4. The summed E-state index contributed by atoms with van der Waals surface area (Å²) < 4.78 is 0. The highest BCUT2D eigenvalue weighted by atomic mass is 16.3. The van der Waals surface area contributed by atoms with Crippen LogP contribution in [0.2, 0.25) is 0 Å². The van der Waals surface area contributed by atoms with E-state index in [9.17, 15) is 5.11 Å². The van der Waals surface area contributed by atoms with Crippen LogP contribution < -0.4 is 0 Å². The normalized spacial score (nSPS) is 28.6. The van der Waals surface area contributed by atoms with Gasteiger partial charge in [-0.3, -0.25) is 4.90 Å². The van der Waals surface area contributed by atoms with Crippen LogP contribution in [0.5, 0.6) is 5.75 Å². The highest BCUT2D eigenvalue weighted by molar-refractivity contribution is 5.44. The van der Waals surface area contributed by atoms with Gasteiger partial charge in [-0.2, -0.15) is 0 Å². The fourth-order valence-corrected chi connectivity index (χ4v) is 5.10. The molecular weight excluding hydrogens is 306 g/mol. The van der Waals surface area contributed by atoms with E-state index in [2.05, 4.69) is 55.1 Å². The van der Waals surface area contributed by atoms with E-state index in [-0.39, 0.29) is 5.41 Å². The first-order valence-electron chi connectivity index (χ1n) is 9.68. The van der Waals surface area contributed by atoms with Crippen molar-refractivity contribution >= 4 is 0 Å². The summed E-state index contributed by atoms with van der Waals surface area (Å²) in [4.78, 5) is 2.73. The van der Waals surface area contributed by atoms with E-state index in [4.69, 9.17) is 0 Å². The summed E-state index contributed by atoms with van der Waals surface area (Å²) in [6.45, 7) is 7.19. The first kappa shape index (κ1) is 16.7. The number of hydrogen-bond donors (Lipinski definition) is 1. The number of piperidine rings is 1. The van der Waals surface area contributed by atoms with Gasteiger partial charge in [0, 0.05) is 6.04 Å². The van der Waals surface area contributed by atoms with Crippen molar-refractivity contribution in [2.24, 2.45) is 5.92 Å². The molecule has 1 heterocycles. The fourth-order valence-electron chi connectivity index (χ4n) is 5.10. The molecule has 1 unspecified atom stereocenters. The maximum atomic E-state index is 9.95. The van der Waals surface area contributed by atoms with Gasteiger partial charge in [0.15, 0.2) is 0 Å². The van der Waals surface area contributed by atoms with Gasteiger partial charge in [0.1, 0.15) is 5.75 Å². The number of nitrogens with zero attached hydrogens (tertiary/aromatic N) is 1. The van der Waals surface area contributed by atoms with E-state index in [1.807, 2.05) is 12.1 Å². The van der Waals surface area contributed by atoms with Crippen molar-refractivity contribution in [3.05, 3.63) is 65.2 Å². The number of phenols is 1. The lowest BCUT2D eigenvalue weighted by Crippen LogP contribution is -2.58. The molecule has 2 bridgehead atoms. The molecule has 25 heavy (non-hydrogen) atoms. The molecule has 1 fully saturated rings. The number of hydrogen-bond acceptors (Lipinski definition) is 2. The SMILES string of the molecule is CC1[C@H]2Cc3ccc(O)cc3[C@]1(C)CCN2CCCc1ccccc1. The summed E-state index contributed by atoms with van der Waals surface area (Å²) in [5.74, 6) is 1.04. The monoisotopic (exact) mass is 335 g/mol. The Morgan fingerprint density at radius 3 is 2.76 bits per heavy atom. The largest absolute Gasteiger partial charge is 0.508 e. The highest BCUT2D eigenvalue weighted by Crippen LogP contribution is 2.49. The summed E-state index contributed by atoms with van der Waals surface area (Å²) in [7, 11) is 0. The lowest BCUT2D eigenvalue weighted by atomic mass is 9.59. The van der Waals surface area contributed by atoms with Crippen LogP contribution in [-0.2, 0) is 18.3 Å². The number of aryl methyl sites for hydroxylation is 1. The maximum absolute atomic E-state index is 9.95. The zero-order valence-corrected chi connectivity index (χ0v) is 15.4. The van der Waals surface area contributed by atoms with E-state index < -0.39 is 0 Å². The van der Waals surface area contributed by atoms with Gasteiger partial charge < -0.3 is 5.11 Å². The first-order chi connectivity index (χ1) is 12.1. The lowest BCUT2D eigenvalue weighted by molar-refractivity contribution is 0.0307. The Morgan fingerprint density at radius 1 is 1.16 bits per heavy atom. The van der Waals surface area contributed by atoms with E-state index in [0.717, 1.165) is 6.42 Å². The fraction of sp³-hybridized carbons (Fsp3) is 0.478. The Bertz CT molecular complexity index is 741. The van der Waals surface area contributed by atoms with Gasteiger partial charge in [0.05, 0.1) is 0 Å². The molecule has 0 radical (unpaired) electrons. The molecule has 3 atom stereocenters. The first-order valence-corrected chi connectivity index (χ1v) is 9.68. The lowest BCUT2D eigenvalue weighted by Gasteiger charge is -2.54. The summed E-state index contributed by atoms with van der Waals surface area (Å²) in [6, 6.07) is 17.5. The molecule has 1 N–H and O–H groups in total. The molecule has 0 spiro atoms. The molecule has 2 aliphatic rings. The van der Waals surface area contributed by atoms with E-state index in [0.29, 0.717) is 17.7 Å². The van der Waals surface area contributed by atoms with Crippen molar-refractivity contribution in [1.82, 2.24) is 4.90 Å². The quantitative estimate of drug-likeness (QED) is 0.886. The summed E-state index contributed by atoms with van der Waals surface area (Å²) in [5, 5.41) is 9.95. The molecule has 2 heteroatoms. The van der Waals surface area contributed by atoms with Crippen molar-refractivity contribution in [3.8, 4) is 5.75 Å². The van der Waals surface area contributed by atoms with Crippen LogP contribution in [0.1, 0.15) is 43.4 Å². The summed E-state index contributed by atoms with van der Waals surface area (Å²) in [6.07, 6.45) is 4.71. The van der Waals surface area contributed by atoms with Crippen LogP contribution in [0.15, 0.2) is 48.5 Å². The predicted octanol–water partition coefficient (Wildman–Crippen LogP) is 4.55. The number of fused-ring (bicyclic) bond motifs is 4. The summed E-state index contributed by atoms with van der Waals surface area (Å²) in [5.41, 5.74) is 4.48. The molecule has 1 aliphatic heterocycles. The van der Waals surface area contributed by atoms with Crippen LogP contribution in [0.4, 0.5) is 0 Å². The zero-order valence-electron chi connectivity index (χ0n) is 15.4. The van der Waals surface area contributed by atoms with E-state index >= 15 is 0 Å². The molecule has 4 rings (SSSR count). The van der Waals surface area contributed by atoms with Crippen molar-refractivity contribution < 1.29 is 5.11 Å². The predicted molar refractivity (Wildman–Crippen MR) is 103 cm³/mol. The van der Waals surface area contributed by atoms with Crippen molar-refractivity contribution in [3.63, 3.8) is 0 Å². The maximum Gasteiger partial charge on any atom is 0.115 e.